The lowest BCUT2D eigenvalue weighted by molar-refractivity contribution is -0.144. The first kappa shape index (κ1) is 14.9. The highest BCUT2D eigenvalue weighted by Crippen LogP contribution is 2.23. The largest absolute Gasteiger partial charge is 0.481 e. The molecule has 6 nitrogen and oxygen atoms in total. The molecule has 0 aromatic carbocycles. The molecule has 1 unspecified atom stereocenters. The maximum Gasteiger partial charge on any atom is 0.305 e. The summed E-state index contributed by atoms with van der Waals surface area (Å²) in [5, 5.41) is 8.75. The van der Waals surface area contributed by atoms with Crippen molar-refractivity contribution in [1.82, 2.24) is 4.90 Å². The van der Waals surface area contributed by atoms with E-state index < -0.39 is 17.0 Å². The molecule has 1 heterocycles. The number of hydrogen-bond donors (Lipinski definition) is 2. The summed E-state index contributed by atoms with van der Waals surface area (Å²) in [4.78, 5) is 24.7. The molecule has 0 aliphatic carbocycles. The van der Waals surface area contributed by atoms with Gasteiger partial charge in [0, 0.05) is 18.7 Å². The van der Waals surface area contributed by atoms with Crippen LogP contribution in [0.4, 0.5) is 0 Å². The first-order chi connectivity index (χ1) is 8.17. The van der Waals surface area contributed by atoms with Gasteiger partial charge in [-0.15, -0.1) is 0 Å². The number of ether oxygens (including phenoxy) is 1. The Hall–Kier alpha value is -1.14. The number of nitrogens with zero attached hydrogens (tertiary/aromatic N) is 1. The number of carbonyl (C=O) groups is 2. The van der Waals surface area contributed by atoms with Gasteiger partial charge in [-0.3, -0.25) is 9.59 Å². The van der Waals surface area contributed by atoms with E-state index in [0.717, 1.165) is 0 Å². The van der Waals surface area contributed by atoms with Crippen molar-refractivity contribution in [1.29, 1.82) is 0 Å². The molecule has 0 aromatic rings. The summed E-state index contributed by atoms with van der Waals surface area (Å²) >= 11 is 0. The van der Waals surface area contributed by atoms with Gasteiger partial charge in [0.2, 0.25) is 5.91 Å². The van der Waals surface area contributed by atoms with E-state index in [0.29, 0.717) is 13.0 Å². The van der Waals surface area contributed by atoms with Gasteiger partial charge in [0.15, 0.2) is 0 Å². The van der Waals surface area contributed by atoms with Crippen LogP contribution >= 0.6 is 0 Å². The van der Waals surface area contributed by atoms with Crippen LogP contribution in [0.5, 0.6) is 0 Å². The molecule has 1 aliphatic rings. The first-order valence-electron chi connectivity index (χ1n) is 6.07. The average molecular weight is 258 g/mol. The minimum Gasteiger partial charge on any atom is -0.481 e. The number of amides is 1. The summed E-state index contributed by atoms with van der Waals surface area (Å²) in [6.45, 7) is 6.44. The van der Waals surface area contributed by atoms with E-state index in [9.17, 15) is 9.59 Å². The topological polar surface area (TPSA) is 92.9 Å². The van der Waals surface area contributed by atoms with Gasteiger partial charge in [-0.05, 0) is 27.2 Å². The van der Waals surface area contributed by atoms with Crippen molar-refractivity contribution < 1.29 is 19.4 Å². The van der Waals surface area contributed by atoms with E-state index in [-0.39, 0.29) is 25.5 Å². The highest BCUT2D eigenvalue weighted by molar-refractivity contribution is 5.87. The predicted molar refractivity (Wildman–Crippen MR) is 66.1 cm³/mol. The van der Waals surface area contributed by atoms with Crippen LogP contribution in [-0.2, 0) is 14.3 Å². The molecule has 0 bridgehead atoms. The zero-order valence-electron chi connectivity index (χ0n) is 11.2. The summed E-state index contributed by atoms with van der Waals surface area (Å²) in [6.07, 6.45) is 0.394. The normalized spacial score (nSPS) is 24.0. The number of carboxylic acid groups (broad SMARTS) is 1. The van der Waals surface area contributed by atoms with E-state index >= 15 is 0 Å². The Morgan fingerprint density at radius 3 is 2.44 bits per heavy atom. The number of aliphatic carboxylic acids is 1. The van der Waals surface area contributed by atoms with Crippen LogP contribution in [0.1, 0.15) is 33.6 Å². The third-order valence-electron chi connectivity index (χ3n) is 3.08. The zero-order valence-corrected chi connectivity index (χ0v) is 11.2. The second-order valence-electron chi connectivity index (χ2n) is 5.73. The molecule has 0 aromatic heterocycles. The zero-order chi connectivity index (χ0) is 14.0. The van der Waals surface area contributed by atoms with Gasteiger partial charge in [0.05, 0.1) is 13.0 Å². The third-order valence-corrected chi connectivity index (χ3v) is 3.08. The van der Waals surface area contributed by atoms with Crippen LogP contribution in [0.2, 0.25) is 0 Å². The van der Waals surface area contributed by atoms with Gasteiger partial charge in [-0.1, -0.05) is 0 Å². The van der Waals surface area contributed by atoms with Gasteiger partial charge < -0.3 is 20.5 Å². The minimum absolute atomic E-state index is 0.0834. The molecule has 1 aliphatic heterocycles. The number of carboxylic acids is 1. The van der Waals surface area contributed by atoms with E-state index in [2.05, 4.69) is 0 Å². The smallest absolute Gasteiger partial charge is 0.305 e. The Morgan fingerprint density at radius 2 is 2.06 bits per heavy atom. The van der Waals surface area contributed by atoms with E-state index in [1.54, 1.807) is 0 Å². The predicted octanol–water partition coefficient (Wildman–Crippen LogP) is 0.206. The Bertz CT molecular complexity index is 329. The molecule has 1 saturated heterocycles. The van der Waals surface area contributed by atoms with Gasteiger partial charge in [-0.2, -0.15) is 0 Å². The molecule has 0 radical (unpaired) electrons. The first-order valence-corrected chi connectivity index (χ1v) is 6.07. The maximum atomic E-state index is 12.5. The van der Waals surface area contributed by atoms with Crippen molar-refractivity contribution in [3.8, 4) is 0 Å². The van der Waals surface area contributed by atoms with Crippen molar-refractivity contribution in [2.45, 2.75) is 44.7 Å². The van der Waals surface area contributed by atoms with Crippen molar-refractivity contribution >= 4 is 11.9 Å². The fraction of sp³-hybridized carbons (Fsp3) is 0.833. The Labute approximate surface area is 107 Å². The van der Waals surface area contributed by atoms with Gasteiger partial charge in [0.25, 0.3) is 0 Å². The van der Waals surface area contributed by atoms with Gasteiger partial charge in [0.1, 0.15) is 5.54 Å². The monoisotopic (exact) mass is 258 g/mol. The standard InChI is InChI=1S/C12H22N2O4/c1-11(2,3)14(6-4-9(15)16)10(17)12(13)5-7-18-8-12/h4-8,13H2,1-3H3,(H,15,16). The minimum atomic E-state index is -1.01. The SMILES string of the molecule is CC(C)(C)N(CCC(=O)O)C(=O)C1(N)CCOC1. The molecule has 1 atom stereocenters. The Kier molecular flexibility index (Phi) is 4.34. The lowest BCUT2D eigenvalue weighted by Gasteiger charge is -2.39. The molecule has 6 heteroatoms. The van der Waals surface area contributed by atoms with Crippen LogP contribution in [0.15, 0.2) is 0 Å². The van der Waals surface area contributed by atoms with Gasteiger partial charge in [-0.25, -0.2) is 0 Å². The Balaban J connectivity index is 2.82. The fourth-order valence-electron chi connectivity index (χ4n) is 1.97. The molecule has 1 amide bonds. The lowest BCUT2D eigenvalue weighted by atomic mass is 9.94. The van der Waals surface area contributed by atoms with E-state index in [1.807, 2.05) is 20.8 Å². The van der Waals surface area contributed by atoms with E-state index in [1.165, 1.54) is 4.90 Å². The molecule has 1 fully saturated rings. The van der Waals surface area contributed by atoms with Crippen molar-refractivity contribution in [3.63, 3.8) is 0 Å². The Morgan fingerprint density at radius 1 is 1.44 bits per heavy atom. The molecule has 3 N–H and O–H groups in total. The second kappa shape index (κ2) is 5.24. The van der Waals surface area contributed by atoms with Crippen LogP contribution in [0, 0.1) is 0 Å². The summed E-state index contributed by atoms with van der Waals surface area (Å²) in [7, 11) is 0. The maximum absolute atomic E-state index is 12.5. The number of nitrogens with two attached hydrogens (primary N) is 1. The van der Waals surface area contributed by atoms with Crippen LogP contribution in [-0.4, -0.2) is 52.7 Å². The van der Waals surface area contributed by atoms with Crippen molar-refractivity contribution in [2.75, 3.05) is 19.8 Å². The number of rotatable bonds is 4. The van der Waals surface area contributed by atoms with Gasteiger partial charge >= 0.3 is 5.97 Å². The fourth-order valence-corrected chi connectivity index (χ4v) is 1.97. The number of hydrogen-bond acceptors (Lipinski definition) is 4. The lowest BCUT2D eigenvalue weighted by Crippen LogP contribution is -2.60. The van der Waals surface area contributed by atoms with Crippen LogP contribution in [0.3, 0.4) is 0 Å². The molecule has 18 heavy (non-hydrogen) atoms. The highest BCUT2D eigenvalue weighted by atomic mass is 16.5. The quantitative estimate of drug-likeness (QED) is 0.751. The average Bonchev–Trinajstić information content (AvgIpc) is 2.64. The summed E-state index contributed by atoms with van der Waals surface area (Å²) < 4.78 is 5.18. The van der Waals surface area contributed by atoms with Crippen molar-refractivity contribution in [3.05, 3.63) is 0 Å². The molecule has 0 saturated carbocycles. The highest BCUT2D eigenvalue weighted by Gasteiger charge is 2.43. The number of carbonyl (C=O) groups excluding carboxylic acids is 1. The summed E-state index contributed by atoms with van der Waals surface area (Å²) in [5.41, 5.74) is 4.58. The van der Waals surface area contributed by atoms with Crippen LogP contribution < -0.4 is 5.73 Å². The molecule has 1 rings (SSSR count). The summed E-state index contributed by atoms with van der Waals surface area (Å²) in [6, 6.07) is 0. The van der Waals surface area contributed by atoms with E-state index in [4.69, 9.17) is 15.6 Å². The second-order valence-corrected chi connectivity index (χ2v) is 5.73. The summed E-state index contributed by atoms with van der Waals surface area (Å²) in [5.74, 6) is -1.15. The molecular weight excluding hydrogens is 236 g/mol. The van der Waals surface area contributed by atoms with Crippen LogP contribution in [0.25, 0.3) is 0 Å². The molecule has 0 spiro atoms. The third kappa shape index (κ3) is 3.43. The van der Waals surface area contributed by atoms with Crippen molar-refractivity contribution in [2.24, 2.45) is 5.73 Å². The molecular formula is C12H22N2O4. The molecule has 104 valence electrons.